The van der Waals surface area contributed by atoms with E-state index < -0.39 is 23.8 Å². The number of nitrogens with two attached hydrogens (primary N) is 1. The topological polar surface area (TPSA) is 113 Å². The highest BCUT2D eigenvalue weighted by atomic mass is 16.2. The third-order valence-electron chi connectivity index (χ3n) is 5.65. The molecule has 0 radical (unpaired) electrons. The molecule has 0 aromatic heterocycles. The van der Waals surface area contributed by atoms with E-state index in [4.69, 9.17) is 5.73 Å². The lowest BCUT2D eigenvalue weighted by Gasteiger charge is -2.28. The zero-order valence-electron chi connectivity index (χ0n) is 14.9. The van der Waals surface area contributed by atoms with Crippen LogP contribution >= 0.6 is 0 Å². The number of nitrogens with one attached hydrogen (secondary N) is 1. The number of carbonyl (C=O) groups is 4. The largest absolute Gasteiger partial charge is 0.371 e. The molecule has 142 valence electrons. The van der Waals surface area contributed by atoms with Crippen LogP contribution in [0.2, 0.25) is 0 Å². The second kappa shape index (κ2) is 6.77. The summed E-state index contributed by atoms with van der Waals surface area (Å²) in [5, 5.41) is 2.22. The van der Waals surface area contributed by atoms with Crippen molar-refractivity contribution >= 4 is 29.3 Å². The van der Waals surface area contributed by atoms with Crippen LogP contribution in [0.4, 0.5) is 5.69 Å². The molecule has 2 saturated heterocycles. The first-order chi connectivity index (χ1) is 13.0. The Kier molecular flexibility index (Phi) is 4.43. The van der Waals surface area contributed by atoms with Crippen LogP contribution in [-0.2, 0) is 9.59 Å². The predicted octanol–water partition coefficient (Wildman–Crippen LogP) is 0.263. The number of benzene rings is 1. The van der Waals surface area contributed by atoms with Crippen LogP contribution in [-0.4, -0.2) is 54.2 Å². The Hall–Kier alpha value is -2.74. The summed E-state index contributed by atoms with van der Waals surface area (Å²) in [6.07, 6.45) is 2.21. The van der Waals surface area contributed by atoms with Crippen LogP contribution in [0.15, 0.2) is 18.2 Å². The van der Waals surface area contributed by atoms with Gasteiger partial charge in [0.05, 0.1) is 16.8 Å². The number of imide groups is 2. The summed E-state index contributed by atoms with van der Waals surface area (Å²) >= 11 is 0. The number of hydrogen-bond donors (Lipinski definition) is 2. The number of anilines is 1. The molecule has 0 saturated carbocycles. The van der Waals surface area contributed by atoms with Gasteiger partial charge >= 0.3 is 0 Å². The molecule has 8 nitrogen and oxygen atoms in total. The van der Waals surface area contributed by atoms with Gasteiger partial charge in [-0.3, -0.25) is 29.4 Å². The average molecular weight is 370 g/mol. The van der Waals surface area contributed by atoms with Crippen molar-refractivity contribution in [3.05, 3.63) is 29.3 Å². The molecule has 4 amide bonds. The first-order valence-corrected chi connectivity index (χ1v) is 9.31. The first-order valence-electron chi connectivity index (χ1n) is 9.31. The number of rotatable bonds is 4. The van der Waals surface area contributed by atoms with Crippen LogP contribution in [0.1, 0.15) is 46.4 Å². The summed E-state index contributed by atoms with van der Waals surface area (Å²) in [5.74, 6) is -1.42. The van der Waals surface area contributed by atoms with Crippen molar-refractivity contribution in [1.29, 1.82) is 0 Å². The van der Waals surface area contributed by atoms with Gasteiger partial charge in [-0.1, -0.05) is 6.07 Å². The summed E-state index contributed by atoms with van der Waals surface area (Å²) in [4.78, 5) is 52.7. The number of hydrogen-bond acceptors (Lipinski definition) is 6. The van der Waals surface area contributed by atoms with E-state index in [9.17, 15) is 19.2 Å². The predicted molar refractivity (Wildman–Crippen MR) is 97.1 cm³/mol. The Morgan fingerprint density at radius 2 is 1.93 bits per heavy atom. The minimum absolute atomic E-state index is 0.115. The Bertz CT molecular complexity index is 837. The van der Waals surface area contributed by atoms with Crippen molar-refractivity contribution in [2.45, 2.75) is 31.7 Å². The van der Waals surface area contributed by atoms with Gasteiger partial charge in [0, 0.05) is 19.5 Å². The molecule has 0 bridgehead atoms. The van der Waals surface area contributed by atoms with Gasteiger partial charge in [-0.25, -0.2) is 0 Å². The highest BCUT2D eigenvalue weighted by molar-refractivity contribution is 6.25. The van der Waals surface area contributed by atoms with Gasteiger partial charge in [0.1, 0.15) is 6.04 Å². The number of carbonyl (C=O) groups excluding carboxylic acids is 4. The van der Waals surface area contributed by atoms with E-state index in [1.165, 1.54) is 0 Å². The van der Waals surface area contributed by atoms with Crippen LogP contribution < -0.4 is 16.0 Å². The van der Waals surface area contributed by atoms with Crippen molar-refractivity contribution in [3.63, 3.8) is 0 Å². The maximum Gasteiger partial charge on any atom is 0.264 e. The Morgan fingerprint density at radius 1 is 1.11 bits per heavy atom. The molecule has 3 N–H and O–H groups in total. The SMILES string of the molecule is NCCC1CCN(c2cccc3c2C(=O)N(C2CCC(=O)NC2=O)C3=O)C1. The summed E-state index contributed by atoms with van der Waals surface area (Å²) in [7, 11) is 0. The van der Waals surface area contributed by atoms with Gasteiger partial charge in [-0.05, 0) is 43.9 Å². The van der Waals surface area contributed by atoms with E-state index in [1.807, 2.05) is 6.07 Å². The van der Waals surface area contributed by atoms with E-state index in [2.05, 4.69) is 10.2 Å². The lowest BCUT2D eigenvalue weighted by Crippen LogP contribution is -2.54. The molecule has 1 aromatic carbocycles. The second-order valence-electron chi connectivity index (χ2n) is 7.32. The minimum atomic E-state index is -0.938. The summed E-state index contributed by atoms with van der Waals surface area (Å²) in [6, 6.07) is 4.30. The molecular weight excluding hydrogens is 348 g/mol. The Morgan fingerprint density at radius 3 is 2.67 bits per heavy atom. The molecule has 0 spiro atoms. The normalized spacial score (nSPS) is 25.2. The van der Waals surface area contributed by atoms with Crippen molar-refractivity contribution in [1.82, 2.24) is 10.2 Å². The van der Waals surface area contributed by atoms with Crippen LogP contribution in [0.25, 0.3) is 0 Å². The lowest BCUT2D eigenvalue weighted by atomic mass is 10.0. The van der Waals surface area contributed by atoms with E-state index in [1.54, 1.807) is 12.1 Å². The number of nitrogens with zero attached hydrogens (tertiary/aromatic N) is 2. The summed E-state index contributed by atoms with van der Waals surface area (Å²) < 4.78 is 0. The zero-order chi connectivity index (χ0) is 19.1. The highest BCUT2D eigenvalue weighted by Crippen LogP contribution is 2.36. The number of fused-ring (bicyclic) bond motifs is 1. The Labute approximate surface area is 156 Å². The van der Waals surface area contributed by atoms with E-state index in [0.29, 0.717) is 23.6 Å². The van der Waals surface area contributed by atoms with Crippen molar-refractivity contribution < 1.29 is 19.2 Å². The summed E-state index contributed by atoms with van der Waals surface area (Å²) in [6.45, 7) is 2.24. The molecule has 8 heteroatoms. The van der Waals surface area contributed by atoms with Gasteiger partial charge in [0.15, 0.2) is 0 Å². The molecule has 2 fully saturated rings. The molecule has 3 aliphatic rings. The third kappa shape index (κ3) is 2.90. The fourth-order valence-electron chi connectivity index (χ4n) is 4.28. The van der Waals surface area contributed by atoms with Gasteiger partial charge in [-0.2, -0.15) is 0 Å². The van der Waals surface area contributed by atoms with Crippen LogP contribution in [0, 0.1) is 5.92 Å². The van der Waals surface area contributed by atoms with Crippen molar-refractivity contribution in [3.8, 4) is 0 Å². The molecule has 3 aliphatic heterocycles. The fourth-order valence-corrected chi connectivity index (χ4v) is 4.28. The summed E-state index contributed by atoms with van der Waals surface area (Å²) in [5.41, 5.74) is 7.08. The molecule has 27 heavy (non-hydrogen) atoms. The molecule has 4 rings (SSSR count). The molecule has 0 aliphatic carbocycles. The zero-order valence-corrected chi connectivity index (χ0v) is 14.9. The molecule has 1 aromatic rings. The number of piperidine rings is 1. The third-order valence-corrected chi connectivity index (χ3v) is 5.65. The van der Waals surface area contributed by atoms with Gasteiger partial charge < -0.3 is 10.6 Å². The monoisotopic (exact) mass is 370 g/mol. The lowest BCUT2D eigenvalue weighted by molar-refractivity contribution is -0.136. The molecular formula is C19H22N4O4. The van der Waals surface area contributed by atoms with E-state index >= 15 is 0 Å². The number of amides is 4. The maximum absolute atomic E-state index is 13.1. The smallest absolute Gasteiger partial charge is 0.264 e. The van der Waals surface area contributed by atoms with Gasteiger partial charge in [0.2, 0.25) is 11.8 Å². The van der Waals surface area contributed by atoms with Crippen molar-refractivity contribution in [2.24, 2.45) is 11.7 Å². The first kappa shape index (κ1) is 17.7. The standard InChI is InChI=1S/C19H22N4O4/c20-8-6-11-7-9-22(10-11)13-3-1-2-12-16(13)19(27)23(18(12)26)14-4-5-15(24)21-17(14)25/h1-3,11,14H,4-10,20H2,(H,21,24,25). The maximum atomic E-state index is 13.1. The molecule has 3 heterocycles. The van der Waals surface area contributed by atoms with E-state index in [-0.39, 0.29) is 18.7 Å². The van der Waals surface area contributed by atoms with Gasteiger partial charge in [0.25, 0.3) is 11.8 Å². The Balaban J connectivity index is 1.64. The van der Waals surface area contributed by atoms with E-state index in [0.717, 1.165) is 36.5 Å². The quantitative estimate of drug-likeness (QED) is 0.736. The minimum Gasteiger partial charge on any atom is -0.371 e. The second-order valence-corrected chi connectivity index (χ2v) is 7.32. The fraction of sp³-hybridized carbons (Fsp3) is 0.474. The van der Waals surface area contributed by atoms with Crippen molar-refractivity contribution in [2.75, 3.05) is 24.5 Å². The highest BCUT2D eigenvalue weighted by Gasteiger charge is 2.46. The van der Waals surface area contributed by atoms with Gasteiger partial charge in [-0.15, -0.1) is 0 Å². The van der Waals surface area contributed by atoms with Crippen LogP contribution in [0.3, 0.4) is 0 Å². The van der Waals surface area contributed by atoms with Crippen LogP contribution in [0.5, 0.6) is 0 Å². The molecule has 2 atom stereocenters. The average Bonchev–Trinajstić information content (AvgIpc) is 3.20. The molecule has 2 unspecified atom stereocenters.